The number of amides is 1. The summed E-state index contributed by atoms with van der Waals surface area (Å²) in [6.07, 6.45) is 3.81. The second-order valence-electron chi connectivity index (χ2n) is 3.61. The van der Waals surface area contributed by atoms with Crippen LogP contribution in [0, 0.1) is 0 Å². The number of hydrogen-bond donors (Lipinski definition) is 0. The second-order valence-corrected chi connectivity index (χ2v) is 3.92. The average Bonchev–Trinajstić information content (AvgIpc) is 2.30. The van der Waals surface area contributed by atoms with E-state index in [9.17, 15) is 4.79 Å². The van der Waals surface area contributed by atoms with Gasteiger partial charge in [-0.1, -0.05) is 12.2 Å². The third-order valence-electron chi connectivity index (χ3n) is 2.52. The minimum atomic E-state index is -0.196. The Labute approximate surface area is 102 Å². The van der Waals surface area contributed by atoms with Crippen molar-refractivity contribution in [3.05, 3.63) is 12.2 Å². The summed E-state index contributed by atoms with van der Waals surface area (Å²) in [7, 11) is 0. The van der Waals surface area contributed by atoms with Gasteiger partial charge in [0.1, 0.15) is 0 Å². The van der Waals surface area contributed by atoms with E-state index in [0.717, 1.165) is 32.7 Å². The van der Waals surface area contributed by atoms with Crippen LogP contribution in [0.1, 0.15) is 6.92 Å². The Bertz CT molecular complexity index is 238. The van der Waals surface area contributed by atoms with Crippen molar-refractivity contribution in [3.63, 3.8) is 0 Å². The Balaban J connectivity index is 2.23. The molecular formula is C11H19ClN2O2. The lowest BCUT2D eigenvalue weighted by molar-refractivity contribution is 0.0825. The molecule has 1 rings (SSSR count). The van der Waals surface area contributed by atoms with Gasteiger partial charge >= 0.3 is 6.09 Å². The van der Waals surface area contributed by atoms with Crippen molar-refractivity contribution in [2.45, 2.75) is 6.92 Å². The minimum absolute atomic E-state index is 0.196. The van der Waals surface area contributed by atoms with Crippen LogP contribution in [0.4, 0.5) is 4.79 Å². The first kappa shape index (κ1) is 13.3. The van der Waals surface area contributed by atoms with Gasteiger partial charge in [-0.25, -0.2) is 4.79 Å². The van der Waals surface area contributed by atoms with Gasteiger partial charge in [0.05, 0.1) is 6.61 Å². The quantitative estimate of drug-likeness (QED) is 0.558. The molecule has 5 heteroatoms. The molecule has 1 fully saturated rings. The van der Waals surface area contributed by atoms with Gasteiger partial charge in [-0.2, -0.15) is 0 Å². The Hall–Kier alpha value is -0.740. The lowest BCUT2D eigenvalue weighted by atomic mass is 10.3. The molecule has 16 heavy (non-hydrogen) atoms. The largest absolute Gasteiger partial charge is 0.450 e. The normalized spacial score (nSPS) is 18.0. The van der Waals surface area contributed by atoms with E-state index in [1.165, 1.54) is 0 Å². The molecule has 4 nitrogen and oxygen atoms in total. The molecule has 0 aromatic rings. The Kier molecular flexibility index (Phi) is 6.26. The first-order chi connectivity index (χ1) is 7.77. The predicted molar refractivity (Wildman–Crippen MR) is 64.9 cm³/mol. The standard InChI is InChI=1S/C11H19ClN2O2/c1-2-16-11(15)14-9-7-13(8-10-14)6-4-3-5-12/h3-4H,2,5-10H2,1H3/b4-3+. The maximum Gasteiger partial charge on any atom is 0.409 e. The molecule has 0 aromatic carbocycles. The first-order valence-corrected chi connectivity index (χ1v) is 6.16. The summed E-state index contributed by atoms with van der Waals surface area (Å²) in [6.45, 7) is 6.45. The topological polar surface area (TPSA) is 32.8 Å². The zero-order valence-electron chi connectivity index (χ0n) is 9.69. The fourth-order valence-corrected chi connectivity index (χ4v) is 1.74. The molecular weight excluding hydrogens is 228 g/mol. The third kappa shape index (κ3) is 4.41. The van der Waals surface area contributed by atoms with E-state index in [1.54, 1.807) is 4.90 Å². The van der Waals surface area contributed by atoms with Gasteiger partial charge in [-0.05, 0) is 6.92 Å². The third-order valence-corrected chi connectivity index (χ3v) is 2.70. The van der Waals surface area contributed by atoms with Crippen molar-refractivity contribution in [1.29, 1.82) is 0 Å². The monoisotopic (exact) mass is 246 g/mol. The van der Waals surface area contributed by atoms with Gasteiger partial charge < -0.3 is 9.64 Å². The number of nitrogens with zero attached hydrogens (tertiary/aromatic N) is 2. The van der Waals surface area contributed by atoms with Crippen LogP contribution < -0.4 is 0 Å². The van der Waals surface area contributed by atoms with E-state index in [4.69, 9.17) is 16.3 Å². The molecule has 0 atom stereocenters. The van der Waals surface area contributed by atoms with Crippen LogP contribution in [-0.2, 0) is 4.74 Å². The highest BCUT2D eigenvalue weighted by Crippen LogP contribution is 2.03. The van der Waals surface area contributed by atoms with Crippen molar-refractivity contribution in [2.24, 2.45) is 0 Å². The number of piperazine rings is 1. The van der Waals surface area contributed by atoms with Crippen LogP contribution in [0.5, 0.6) is 0 Å². The van der Waals surface area contributed by atoms with Crippen molar-refractivity contribution >= 4 is 17.7 Å². The molecule has 1 aliphatic heterocycles. The maximum atomic E-state index is 11.4. The summed E-state index contributed by atoms with van der Waals surface area (Å²) < 4.78 is 4.95. The number of carbonyl (C=O) groups is 1. The number of rotatable bonds is 4. The number of carbonyl (C=O) groups excluding carboxylic acids is 1. The highest BCUT2D eigenvalue weighted by Gasteiger charge is 2.20. The molecule has 0 bridgehead atoms. The smallest absolute Gasteiger partial charge is 0.409 e. The molecule has 1 heterocycles. The van der Waals surface area contributed by atoms with Crippen LogP contribution in [0.2, 0.25) is 0 Å². The average molecular weight is 247 g/mol. The number of ether oxygens (including phenoxy) is 1. The zero-order valence-corrected chi connectivity index (χ0v) is 10.4. The molecule has 0 aliphatic carbocycles. The summed E-state index contributed by atoms with van der Waals surface area (Å²) in [5.41, 5.74) is 0. The summed E-state index contributed by atoms with van der Waals surface area (Å²) in [5.74, 6) is 0.558. The van der Waals surface area contributed by atoms with E-state index in [-0.39, 0.29) is 6.09 Å². The van der Waals surface area contributed by atoms with Gasteiger partial charge in [0, 0.05) is 38.6 Å². The van der Waals surface area contributed by atoms with E-state index in [0.29, 0.717) is 12.5 Å². The summed E-state index contributed by atoms with van der Waals surface area (Å²) in [4.78, 5) is 15.5. The molecule has 0 N–H and O–H groups in total. The molecule has 1 saturated heterocycles. The SMILES string of the molecule is CCOC(=O)N1CCN(C/C=C/CCl)CC1. The van der Waals surface area contributed by atoms with Gasteiger partial charge in [0.2, 0.25) is 0 Å². The molecule has 0 aromatic heterocycles. The first-order valence-electron chi connectivity index (χ1n) is 5.63. The summed E-state index contributed by atoms with van der Waals surface area (Å²) in [6, 6.07) is 0. The number of hydrogen-bond acceptors (Lipinski definition) is 3. The highest BCUT2D eigenvalue weighted by atomic mass is 35.5. The Morgan fingerprint density at radius 1 is 1.31 bits per heavy atom. The second kappa shape index (κ2) is 7.52. The molecule has 0 radical (unpaired) electrons. The molecule has 1 amide bonds. The van der Waals surface area contributed by atoms with E-state index >= 15 is 0 Å². The molecule has 92 valence electrons. The minimum Gasteiger partial charge on any atom is -0.450 e. The maximum absolute atomic E-state index is 11.4. The fraction of sp³-hybridized carbons (Fsp3) is 0.727. The number of alkyl halides is 1. The fourth-order valence-electron chi connectivity index (χ4n) is 1.61. The molecule has 0 spiro atoms. The number of halogens is 1. The Morgan fingerprint density at radius 3 is 2.56 bits per heavy atom. The van der Waals surface area contributed by atoms with Crippen LogP contribution in [0.25, 0.3) is 0 Å². The van der Waals surface area contributed by atoms with Gasteiger partial charge in [-0.15, -0.1) is 11.6 Å². The highest BCUT2D eigenvalue weighted by molar-refractivity contribution is 6.18. The van der Waals surface area contributed by atoms with Crippen LogP contribution >= 0.6 is 11.6 Å². The van der Waals surface area contributed by atoms with Crippen LogP contribution in [0.3, 0.4) is 0 Å². The Morgan fingerprint density at radius 2 is 2.00 bits per heavy atom. The lowest BCUT2D eigenvalue weighted by Crippen LogP contribution is -2.48. The number of allylic oxidation sites excluding steroid dienone is 1. The van der Waals surface area contributed by atoms with E-state index < -0.39 is 0 Å². The predicted octanol–water partition coefficient (Wildman–Crippen LogP) is 1.56. The lowest BCUT2D eigenvalue weighted by Gasteiger charge is -2.33. The van der Waals surface area contributed by atoms with Crippen LogP contribution in [-0.4, -0.2) is 61.1 Å². The van der Waals surface area contributed by atoms with Crippen molar-refractivity contribution in [2.75, 3.05) is 45.2 Å². The van der Waals surface area contributed by atoms with E-state index in [2.05, 4.69) is 11.0 Å². The van der Waals surface area contributed by atoms with Gasteiger partial charge in [0.25, 0.3) is 0 Å². The van der Waals surface area contributed by atoms with Crippen LogP contribution in [0.15, 0.2) is 12.2 Å². The van der Waals surface area contributed by atoms with Crippen molar-refractivity contribution < 1.29 is 9.53 Å². The van der Waals surface area contributed by atoms with Crippen molar-refractivity contribution in [3.8, 4) is 0 Å². The molecule has 1 aliphatic rings. The van der Waals surface area contributed by atoms with Crippen molar-refractivity contribution in [1.82, 2.24) is 9.80 Å². The van der Waals surface area contributed by atoms with Gasteiger partial charge in [-0.3, -0.25) is 4.90 Å². The molecule has 0 saturated carbocycles. The summed E-state index contributed by atoms with van der Waals surface area (Å²) in [5, 5.41) is 0. The zero-order chi connectivity index (χ0) is 11.8. The summed E-state index contributed by atoms with van der Waals surface area (Å²) >= 11 is 5.54. The molecule has 0 unspecified atom stereocenters. The van der Waals surface area contributed by atoms with E-state index in [1.807, 2.05) is 13.0 Å². The van der Waals surface area contributed by atoms with Gasteiger partial charge in [0.15, 0.2) is 0 Å².